The highest BCUT2D eigenvalue weighted by molar-refractivity contribution is 5.86. The lowest BCUT2D eigenvalue weighted by atomic mass is 10.1. The lowest BCUT2D eigenvalue weighted by molar-refractivity contribution is 0.627. The molecule has 0 fully saturated rings. The Bertz CT molecular complexity index is 950. The molecule has 1 aliphatic rings. The molecular weight excluding hydrogens is 303 g/mol. The van der Waals surface area contributed by atoms with E-state index in [9.17, 15) is 4.39 Å². The van der Waals surface area contributed by atoms with Gasteiger partial charge in [0, 0.05) is 23.7 Å². The maximum absolute atomic E-state index is 13.3. The first-order valence-corrected chi connectivity index (χ1v) is 7.68. The van der Waals surface area contributed by atoms with Gasteiger partial charge in [0.25, 0.3) is 0 Å². The van der Waals surface area contributed by atoms with Crippen molar-refractivity contribution >= 4 is 17.7 Å². The first kappa shape index (κ1) is 14.5. The summed E-state index contributed by atoms with van der Waals surface area (Å²) in [6.45, 7) is 2.60. The second-order valence-corrected chi connectivity index (χ2v) is 5.73. The summed E-state index contributed by atoms with van der Waals surface area (Å²) in [6.07, 6.45) is 3.58. The molecule has 4 nitrogen and oxygen atoms in total. The molecule has 0 atom stereocenters. The van der Waals surface area contributed by atoms with Crippen LogP contribution >= 0.6 is 0 Å². The molecule has 3 aromatic rings. The summed E-state index contributed by atoms with van der Waals surface area (Å²) in [5.41, 5.74) is 4.93. The molecule has 0 unspecified atom stereocenters. The Hall–Kier alpha value is -3.08. The molecule has 0 radical (unpaired) electrons. The van der Waals surface area contributed by atoms with E-state index in [0.29, 0.717) is 11.6 Å². The van der Waals surface area contributed by atoms with Crippen LogP contribution in [-0.2, 0) is 6.54 Å². The number of halogens is 1. The molecule has 5 heteroatoms. The molecule has 1 N–H and O–H groups in total. The van der Waals surface area contributed by atoms with E-state index in [1.54, 1.807) is 12.3 Å². The largest absolute Gasteiger partial charge is 0.340 e. The molecule has 2 heterocycles. The Balaban J connectivity index is 1.64. The molecular formula is C19H15FN4. The van der Waals surface area contributed by atoms with Crippen LogP contribution in [-0.4, -0.2) is 16.2 Å². The number of fused-ring (bicyclic) bond motifs is 1. The van der Waals surface area contributed by atoms with Crippen molar-refractivity contribution in [1.82, 2.24) is 9.97 Å². The van der Waals surface area contributed by atoms with E-state index in [-0.39, 0.29) is 5.82 Å². The minimum Gasteiger partial charge on any atom is -0.340 e. The lowest BCUT2D eigenvalue weighted by Gasteiger charge is -2.09. The number of aromatic nitrogens is 2. The number of hydrogen-bond acceptors (Lipinski definition) is 4. The monoisotopic (exact) mass is 318 g/mol. The molecule has 2 aromatic carbocycles. The Morgan fingerprint density at radius 1 is 1.08 bits per heavy atom. The molecule has 0 amide bonds. The Kier molecular flexibility index (Phi) is 3.54. The van der Waals surface area contributed by atoms with Crippen LogP contribution in [0.4, 0.5) is 15.9 Å². The Labute approximate surface area is 139 Å². The number of benzene rings is 2. The van der Waals surface area contributed by atoms with Crippen LogP contribution in [0.15, 0.2) is 53.7 Å². The standard InChI is InChI=1S/C19H15FN4/c1-12-8-15(20)3-5-17(12)19-22-7-6-18(24-19)23-16-4-2-13-10-21-11-14(13)9-16/h2-9,11H,10H2,1H3,(H,22,23,24). The van der Waals surface area contributed by atoms with Gasteiger partial charge in [0.2, 0.25) is 0 Å². The topological polar surface area (TPSA) is 50.2 Å². The van der Waals surface area contributed by atoms with Gasteiger partial charge in [-0.15, -0.1) is 0 Å². The number of anilines is 2. The van der Waals surface area contributed by atoms with Crippen molar-refractivity contribution in [2.24, 2.45) is 4.99 Å². The van der Waals surface area contributed by atoms with Crippen LogP contribution in [0.3, 0.4) is 0 Å². The van der Waals surface area contributed by atoms with E-state index in [0.717, 1.165) is 28.9 Å². The van der Waals surface area contributed by atoms with Gasteiger partial charge < -0.3 is 5.32 Å². The zero-order valence-corrected chi connectivity index (χ0v) is 13.1. The summed E-state index contributed by atoms with van der Waals surface area (Å²) >= 11 is 0. The van der Waals surface area contributed by atoms with Crippen LogP contribution in [0, 0.1) is 12.7 Å². The highest BCUT2D eigenvalue weighted by atomic mass is 19.1. The fourth-order valence-corrected chi connectivity index (χ4v) is 2.76. The smallest absolute Gasteiger partial charge is 0.161 e. The number of rotatable bonds is 3. The number of aryl methyl sites for hydroxylation is 1. The number of nitrogens with one attached hydrogen (secondary N) is 1. The van der Waals surface area contributed by atoms with Crippen molar-refractivity contribution in [2.75, 3.05) is 5.32 Å². The first-order valence-electron chi connectivity index (χ1n) is 7.68. The van der Waals surface area contributed by atoms with E-state index < -0.39 is 0 Å². The van der Waals surface area contributed by atoms with E-state index in [1.807, 2.05) is 25.3 Å². The molecule has 0 saturated carbocycles. The van der Waals surface area contributed by atoms with Gasteiger partial charge in [-0.25, -0.2) is 14.4 Å². The molecule has 4 rings (SSSR count). The summed E-state index contributed by atoms with van der Waals surface area (Å²) in [5.74, 6) is 1.00. The van der Waals surface area contributed by atoms with Crippen LogP contribution in [0.5, 0.6) is 0 Å². The summed E-state index contributed by atoms with van der Waals surface area (Å²) < 4.78 is 13.3. The second kappa shape index (κ2) is 5.85. The van der Waals surface area contributed by atoms with Crippen molar-refractivity contribution in [3.8, 4) is 11.4 Å². The van der Waals surface area contributed by atoms with Crippen molar-refractivity contribution in [3.05, 3.63) is 71.2 Å². The van der Waals surface area contributed by atoms with Crippen LogP contribution in [0.25, 0.3) is 11.4 Å². The Morgan fingerprint density at radius 2 is 2.00 bits per heavy atom. The molecule has 118 valence electrons. The molecule has 0 saturated heterocycles. The van der Waals surface area contributed by atoms with Gasteiger partial charge in [0.15, 0.2) is 5.82 Å². The zero-order valence-electron chi connectivity index (χ0n) is 13.1. The van der Waals surface area contributed by atoms with Gasteiger partial charge in [-0.05, 0) is 60.0 Å². The average molecular weight is 318 g/mol. The van der Waals surface area contributed by atoms with E-state index >= 15 is 0 Å². The summed E-state index contributed by atoms with van der Waals surface area (Å²) in [5, 5.41) is 3.29. The van der Waals surface area contributed by atoms with Crippen molar-refractivity contribution < 1.29 is 4.39 Å². The third kappa shape index (κ3) is 2.76. The SMILES string of the molecule is Cc1cc(F)ccc1-c1nccc(Nc2ccc3c(c2)C=NC3)n1. The van der Waals surface area contributed by atoms with Crippen LogP contribution in [0.1, 0.15) is 16.7 Å². The summed E-state index contributed by atoms with van der Waals surface area (Å²) in [7, 11) is 0. The van der Waals surface area contributed by atoms with Gasteiger partial charge in [0.1, 0.15) is 11.6 Å². The fourth-order valence-electron chi connectivity index (χ4n) is 2.76. The van der Waals surface area contributed by atoms with Gasteiger partial charge in [0.05, 0.1) is 6.54 Å². The third-order valence-corrected chi connectivity index (χ3v) is 4.00. The van der Waals surface area contributed by atoms with E-state index in [2.05, 4.69) is 32.4 Å². The normalized spacial score (nSPS) is 12.2. The summed E-state index contributed by atoms with van der Waals surface area (Å²) in [6, 6.07) is 12.6. The molecule has 0 bridgehead atoms. The fraction of sp³-hybridized carbons (Fsp3) is 0.105. The number of hydrogen-bond donors (Lipinski definition) is 1. The van der Waals surface area contributed by atoms with Crippen LogP contribution < -0.4 is 5.32 Å². The van der Waals surface area contributed by atoms with E-state index in [4.69, 9.17) is 0 Å². The lowest BCUT2D eigenvalue weighted by Crippen LogP contribution is -1.98. The van der Waals surface area contributed by atoms with Gasteiger partial charge in [-0.2, -0.15) is 0 Å². The van der Waals surface area contributed by atoms with Gasteiger partial charge in [-0.3, -0.25) is 4.99 Å². The zero-order chi connectivity index (χ0) is 16.5. The van der Waals surface area contributed by atoms with E-state index in [1.165, 1.54) is 17.7 Å². The van der Waals surface area contributed by atoms with Gasteiger partial charge >= 0.3 is 0 Å². The van der Waals surface area contributed by atoms with Gasteiger partial charge in [-0.1, -0.05) is 6.07 Å². The van der Waals surface area contributed by atoms with Crippen LogP contribution in [0.2, 0.25) is 0 Å². The average Bonchev–Trinajstić information content (AvgIpc) is 3.03. The predicted octanol–water partition coefficient (Wildman–Crippen LogP) is 4.27. The highest BCUT2D eigenvalue weighted by Crippen LogP contribution is 2.24. The predicted molar refractivity (Wildman–Crippen MR) is 93.2 cm³/mol. The maximum atomic E-state index is 13.3. The molecule has 24 heavy (non-hydrogen) atoms. The molecule has 0 aliphatic carbocycles. The Morgan fingerprint density at radius 3 is 2.88 bits per heavy atom. The minimum absolute atomic E-state index is 0.259. The number of aliphatic imine (C=N–C) groups is 1. The maximum Gasteiger partial charge on any atom is 0.161 e. The molecule has 1 aromatic heterocycles. The third-order valence-electron chi connectivity index (χ3n) is 4.00. The van der Waals surface area contributed by atoms with Crippen molar-refractivity contribution in [1.29, 1.82) is 0 Å². The highest BCUT2D eigenvalue weighted by Gasteiger charge is 2.09. The first-order chi connectivity index (χ1) is 11.7. The summed E-state index contributed by atoms with van der Waals surface area (Å²) in [4.78, 5) is 13.1. The molecule has 1 aliphatic heterocycles. The van der Waals surface area contributed by atoms with Crippen molar-refractivity contribution in [3.63, 3.8) is 0 Å². The molecule has 0 spiro atoms. The second-order valence-electron chi connectivity index (χ2n) is 5.73. The number of nitrogens with zero attached hydrogens (tertiary/aromatic N) is 3. The minimum atomic E-state index is -0.259. The van der Waals surface area contributed by atoms with Crippen molar-refractivity contribution in [2.45, 2.75) is 13.5 Å². The quantitative estimate of drug-likeness (QED) is 0.784.